The second kappa shape index (κ2) is 10.7. The summed E-state index contributed by atoms with van der Waals surface area (Å²) in [4.78, 5) is 12.2. The van der Waals surface area contributed by atoms with Gasteiger partial charge in [0.2, 0.25) is 5.91 Å². The molecule has 0 aromatic heterocycles. The second-order valence-electron chi connectivity index (χ2n) is 6.86. The van der Waals surface area contributed by atoms with Crippen LogP contribution in [-0.2, 0) is 14.6 Å². The lowest BCUT2D eigenvalue weighted by Crippen LogP contribution is -2.41. The Balaban J connectivity index is 0.00000364. The molecule has 0 fully saturated rings. The molecule has 1 aromatic carbocycles. The monoisotopic (exact) mass is 420 g/mol. The van der Waals surface area contributed by atoms with Gasteiger partial charge in [0.1, 0.15) is 0 Å². The molecule has 154 valence electrons. The van der Waals surface area contributed by atoms with Crippen LogP contribution in [0.3, 0.4) is 0 Å². The zero-order valence-electron chi connectivity index (χ0n) is 15.8. The predicted octanol–water partition coefficient (Wildman–Crippen LogP) is 1.92. The number of nitrogens with two attached hydrogens (primary N) is 1. The third-order valence-electron chi connectivity index (χ3n) is 4.08. The molecular formula is C18H29ClN2O5S. The summed E-state index contributed by atoms with van der Waals surface area (Å²) in [5.74, 6) is 0.789. The molecule has 0 radical (unpaired) electrons. The number of ether oxygens (including phenoxy) is 2. The smallest absolute Gasteiger partial charge is 0.221 e. The van der Waals surface area contributed by atoms with Crippen molar-refractivity contribution in [2.75, 3.05) is 25.5 Å². The number of carbonyl (C=O) groups is 1. The molecule has 3 N–H and O–H groups in total. The van der Waals surface area contributed by atoms with E-state index in [0.29, 0.717) is 37.2 Å². The van der Waals surface area contributed by atoms with Gasteiger partial charge in [0.25, 0.3) is 0 Å². The van der Waals surface area contributed by atoms with Crippen LogP contribution in [0.5, 0.6) is 11.5 Å². The fourth-order valence-electron chi connectivity index (χ4n) is 2.76. The van der Waals surface area contributed by atoms with Crippen LogP contribution in [0.15, 0.2) is 23.1 Å². The van der Waals surface area contributed by atoms with Crippen molar-refractivity contribution in [3.05, 3.63) is 18.2 Å². The number of nitrogens with one attached hydrogen (secondary N) is 1. The van der Waals surface area contributed by atoms with Gasteiger partial charge >= 0.3 is 0 Å². The molecule has 1 amide bonds. The molecule has 0 saturated carbocycles. The first-order valence-corrected chi connectivity index (χ1v) is 10.6. The van der Waals surface area contributed by atoms with Gasteiger partial charge in [0.15, 0.2) is 21.3 Å². The molecule has 1 aliphatic rings. The number of hydrogen-bond donors (Lipinski definition) is 2. The first kappa shape index (κ1) is 23.5. The summed E-state index contributed by atoms with van der Waals surface area (Å²) in [6.45, 7) is 5.44. The van der Waals surface area contributed by atoms with E-state index in [2.05, 4.69) is 5.32 Å². The molecule has 1 heterocycles. The molecular weight excluding hydrogens is 392 g/mol. The molecule has 1 aliphatic heterocycles. The highest BCUT2D eigenvalue weighted by atomic mass is 35.5. The standard InChI is InChI=1S/C18H28N2O5S.ClH/c1-13(2)10-14(12-19)20-18(21)6-9-26(22,23)15-4-5-16-17(11-15)25-8-3-7-24-16;/h4-5,11,13-14H,3,6-10,12,19H2,1-2H3,(H,20,21);1H. The van der Waals surface area contributed by atoms with Gasteiger partial charge in [-0.05, 0) is 24.5 Å². The molecule has 1 unspecified atom stereocenters. The first-order valence-electron chi connectivity index (χ1n) is 8.93. The number of hydrogen-bond acceptors (Lipinski definition) is 6. The SMILES string of the molecule is CC(C)CC(CN)NC(=O)CCS(=O)(=O)c1ccc2c(c1)OCCCO2.Cl. The Morgan fingerprint density at radius 1 is 1.22 bits per heavy atom. The predicted molar refractivity (Wildman–Crippen MR) is 106 cm³/mol. The van der Waals surface area contributed by atoms with E-state index in [-0.39, 0.29) is 41.4 Å². The highest BCUT2D eigenvalue weighted by Crippen LogP contribution is 2.32. The van der Waals surface area contributed by atoms with Crippen molar-refractivity contribution in [2.45, 2.75) is 44.0 Å². The first-order chi connectivity index (χ1) is 12.3. The second-order valence-corrected chi connectivity index (χ2v) is 8.97. The van der Waals surface area contributed by atoms with Gasteiger partial charge in [-0.15, -0.1) is 12.4 Å². The zero-order chi connectivity index (χ0) is 19.2. The molecule has 1 aromatic rings. The highest BCUT2D eigenvalue weighted by Gasteiger charge is 2.21. The van der Waals surface area contributed by atoms with E-state index in [9.17, 15) is 13.2 Å². The largest absolute Gasteiger partial charge is 0.490 e. The van der Waals surface area contributed by atoms with Gasteiger partial charge in [-0.1, -0.05) is 13.8 Å². The number of benzene rings is 1. The van der Waals surface area contributed by atoms with Crippen molar-refractivity contribution in [2.24, 2.45) is 11.7 Å². The van der Waals surface area contributed by atoms with Crippen molar-refractivity contribution in [3.8, 4) is 11.5 Å². The maximum Gasteiger partial charge on any atom is 0.221 e. The fourth-order valence-corrected chi connectivity index (χ4v) is 4.02. The third-order valence-corrected chi connectivity index (χ3v) is 5.80. The number of amides is 1. The Morgan fingerprint density at radius 2 is 1.89 bits per heavy atom. The Bertz CT molecular complexity index is 724. The lowest BCUT2D eigenvalue weighted by Gasteiger charge is -2.18. The van der Waals surface area contributed by atoms with Crippen molar-refractivity contribution in [3.63, 3.8) is 0 Å². The minimum atomic E-state index is -3.59. The molecule has 0 bridgehead atoms. The molecule has 27 heavy (non-hydrogen) atoms. The Kier molecular flexibility index (Phi) is 9.35. The van der Waals surface area contributed by atoms with Crippen molar-refractivity contribution >= 4 is 28.2 Å². The molecule has 0 spiro atoms. The van der Waals surface area contributed by atoms with Gasteiger partial charge in [-0.3, -0.25) is 4.79 Å². The Labute approximate surface area is 167 Å². The molecule has 1 atom stereocenters. The number of carbonyl (C=O) groups excluding carboxylic acids is 1. The van der Waals surface area contributed by atoms with Crippen LogP contribution >= 0.6 is 12.4 Å². The summed E-state index contributed by atoms with van der Waals surface area (Å²) in [5.41, 5.74) is 5.66. The van der Waals surface area contributed by atoms with E-state index in [1.165, 1.54) is 12.1 Å². The quantitative estimate of drug-likeness (QED) is 0.665. The van der Waals surface area contributed by atoms with Crippen LogP contribution in [0.25, 0.3) is 0 Å². The minimum absolute atomic E-state index is 0. The number of sulfone groups is 1. The molecule has 2 rings (SSSR count). The van der Waals surface area contributed by atoms with Crippen LogP contribution < -0.4 is 20.5 Å². The minimum Gasteiger partial charge on any atom is -0.490 e. The third kappa shape index (κ3) is 7.20. The Morgan fingerprint density at radius 3 is 2.52 bits per heavy atom. The topological polar surface area (TPSA) is 108 Å². The molecule has 0 aliphatic carbocycles. The normalized spacial score (nSPS) is 14.8. The van der Waals surface area contributed by atoms with E-state index in [0.717, 1.165) is 12.8 Å². The zero-order valence-corrected chi connectivity index (χ0v) is 17.4. The van der Waals surface area contributed by atoms with Crippen molar-refractivity contribution in [1.29, 1.82) is 0 Å². The van der Waals surface area contributed by atoms with E-state index in [1.807, 2.05) is 13.8 Å². The van der Waals surface area contributed by atoms with Crippen LogP contribution in [-0.4, -0.2) is 45.9 Å². The maximum absolute atomic E-state index is 12.5. The molecule has 7 nitrogen and oxygen atoms in total. The number of rotatable bonds is 8. The lowest BCUT2D eigenvalue weighted by atomic mass is 10.0. The van der Waals surface area contributed by atoms with Crippen LogP contribution in [0.2, 0.25) is 0 Å². The van der Waals surface area contributed by atoms with Crippen LogP contribution in [0.4, 0.5) is 0 Å². The van der Waals surface area contributed by atoms with Gasteiger partial charge in [-0.25, -0.2) is 8.42 Å². The summed E-state index contributed by atoms with van der Waals surface area (Å²) in [6.07, 6.45) is 1.40. The summed E-state index contributed by atoms with van der Waals surface area (Å²) in [5, 5.41) is 2.81. The number of halogens is 1. The Hall–Kier alpha value is -1.51. The lowest BCUT2D eigenvalue weighted by molar-refractivity contribution is -0.121. The molecule has 0 saturated heterocycles. The molecule has 9 heteroatoms. The summed E-state index contributed by atoms with van der Waals surface area (Å²) in [7, 11) is -3.59. The van der Waals surface area contributed by atoms with Gasteiger partial charge in [0, 0.05) is 31.5 Å². The maximum atomic E-state index is 12.5. The van der Waals surface area contributed by atoms with Crippen molar-refractivity contribution in [1.82, 2.24) is 5.32 Å². The summed E-state index contributed by atoms with van der Waals surface area (Å²) < 4.78 is 36.1. The van der Waals surface area contributed by atoms with Gasteiger partial charge in [-0.2, -0.15) is 0 Å². The van der Waals surface area contributed by atoms with E-state index < -0.39 is 9.84 Å². The van der Waals surface area contributed by atoms with E-state index in [1.54, 1.807) is 6.07 Å². The van der Waals surface area contributed by atoms with Gasteiger partial charge in [0.05, 0.1) is 23.9 Å². The highest BCUT2D eigenvalue weighted by molar-refractivity contribution is 7.91. The van der Waals surface area contributed by atoms with Gasteiger partial charge < -0.3 is 20.5 Å². The van der Waals surface area contributed by atoms with Crippen LogP contribution in [0.1, 0.15) is 33.1 Å². The fraction of sp³-hybridized carbons (Fsp3) is 0.611. The van der Waals surface area contributed by atoms with E-state index in [4.69, 9.17) is 15.2 Å². The number of fused-ring (bicyclic) bond motifs is 1. The average Bonchev–Trinajstić information content (AvgIpc) is 2.83. The average molecular weight is 421 g/mol. The summed E-state index contributed by atoms with van der Waals surface area (Å²) >= 11 is 0. The van der Waals surface area contributed by atoms with E-state index >= 15 is 0 Å². The summed E-state index contributed by atoms with van der Waals surface area (Å²) in [6, 6.07) is 4.42. The van der Waals surface area contributed by atoms with Crippen LogP contribution in [0, 0.1) is 5.92 Å². The van der Waals surface area contributed by atoms with Crippen molar-refractivity contribution < 1.29 is 22.7 Å².